The smallest absolute Gasteiger partial charge is 0.323 e. The highest BCUT2D eigenvalue weighted by molar-refractivity contribution is 6.02. The van der Waals surface area contributed by atoms with E-state index in [0.717, 1.165) is 17.2 Å². The number of carbonyl (C=O) groups excluding carboxylic acids is 2. The highest BCUT2D eigenvalue weighted by Gasteiger charge is 2.21. The Morgan fingerprint density at radius 1 is 0.717 bits per heavy atom. The minimum Gasteiger partial charge on any atom is -0.380 e. The zero-order chi connectivity index (χ0) is 42.2. The molecule has 0 aliphatic carbocycles. The van der Waals surface area contributed by atoms with Crippen LogP contribution in [0.25, 0.3) is 44.7 Å². The second-order valence-corrected chi connectivity index (χ2v) is 13.5. The van der Waals surface area contributed by atoms with Gasteiger partial charge in [-0.05, 0) is 108 Å². The Bertz CT molecular complexity index is 3130. The van der Waals surface area contributed by atoms with Crippen LogP contribution in [0.15, 0.2) is 97.2 Å². The summed E-state index contributed by atoms with van der Waals surface area (Å²) in [4.78, 5) is 25.9. The number of nitrogens with zero attached hydrogens (tertiary/aromatic N) is 8. The third-order valence-electron chi connectivity index (χ3n) is 9.77. The Kier molecular flexibility index (Phi) is 9.63. The fraction of sp³-hybridized carbons (Fsp3) is 0.0476. The molecule has 8 N–H and O–H groups in total. The molecule has 16 nitrogen and oxygen atoms in total. The van der Waals surface area contributed by atoms with E-state index >= 15 is 4.39 Å². The van der Waals surface area contributed by atoms with Gasteiger partial charge in [0.05, 0.1) is 34.3 Å². The average molecular weight is 801 g/mol. The van der Waals surface area contributed by atoms with Gasteiger partial charge in [-0.1, -0.05) is 35.5 Å². The third-order valence-corrected chi connectivity index (χ3v) is 9.77. The number of benzene rings is 4. The summed E-state index contributed by atoms with van der Waals surface area (Å²) in [5, 5.41) is 45.7. The predicted molar refractivity (Wildman–Crippen MR) is 222 cm³/mol. The fourth-order valence-electron chi connectivity index (χ4n) is 6.84. The van der Waals surface area contributed by atoms with Crippen molar-refractivity contribution in [1.29, 1.82) is 10.5 Å². The zero-order valence-electron chi connectivity index (χ0n) is 31.5. The number of carbonyl (C=O) groups is 2. The Morgan fingerprint density at radius 2 is 1.40 bits per heavy atom. The lowest BCUT2D eigenvalue weighted by molar-refractivity contribution is 0.261. The van der Waals surface area contributed by atoms with E-state index in [2.05, 4.69) is 41.8 Å². The number of halogens is 2. The lowest BCUT2D eigenvalue weighted by Gasteiger charge is -2.16. The maximum atomic E-state index is 16.0. The molecule has 0 fully saturated rings. The minimum absolute atomic E-state index is 0.0753. The van der Waals surface area contributed by atoms with Crippen LogP contribution >= 0.6 is 0 Å². The molecular formula is C42H30F2N14O2. The maximum absolute atomic E-state index is 16.0. The molecule has 8 rings (SSSR count). The number of rotatable bonds is 7. The van der Waals surface area contributed by atoms with Gasteiger partial charge < -0.3 is 32.7 Å². The number of amides is 4. The summed E-state index contributed by atoms with van der Waals surface area (Å²) in [5.41, 5.74) is 18.0. The summed E-state index contributed by atoms with van der Waals surface area (Å²) in [6.07, 6.45) is 1.73. The van der Waals surface area contributed by atoms with Crippen molar-refractivity contribution in [2.24, 2.45) is 0 Å². The molecule has 4 heterocycles. The first-order valence-electron chi connectivity index (χ1n) is 18.0. The summed E-state index contributed by atoms with van der Waals surface area (Å²) in [6, 6.07) is 26.6. The van der Waals surface area contributed by atoms with E-state index in [1.165, 1.54) is 12.1 Å². The number of anilines is 6. The van der Waals surface area contributed by atoms with Gasteiger partial charge >= 0.3 is 12.1 Å². The molecule has 0 radical (unpaired) electrons. The average Bonchev–Trinajstić information content (AvgIpc) is 3.82. The van der Waals surface area contributed by atoms with Crippen LogP contribution < -0.4 is 32.7 Å². The van der Waals surface area contributed by atoms with E-state index in [1.807, 2.05) is 24.3 Å². The van der Waals surface area contributed by atoms with E-state index < -0.39 is 23.7 Å². The molecule has 0 bridgehead atoms. The summed E-state index contributed by atoms with van der Waals surface area (Å²) < 4.78 is 33.6. The number of urea groups is 2. The quantitative estimate of drug-likeness (QED) is 0.0911. The number of hydrogen-bond donors (Lipinski definition) is 6. The number of nitrogens with one attached hydrogen (secondary N) is 4. The molecule has 4 aromatic heterocycles. The van der Waals surface area contributed by atoms with Crippen molar-refractivity contribution in [3.8, 4) is 45.6 Å². The first-order chi connectivity index (χ1) is 28.9. The van der Waals surface area contributed by atoms with Gasteiger partial charge in [0.25, 0.3) is 0 Å². The second-order valence-electron chi connectivity index (χ2n) is 13.5. The standard InChI is InChI=1S/C42H30F2N14O2/c1-21-14-34(32(43)15-26(21)19-45)51-41(59)49-28-11-7-24(8-12-28)35-16-25(17-36-53-55-40(48)58(35)36)30-18-33(44)37(31(20-46)22(30)2)52-42(60)50-27-9-5-23(6-10-27)29-4-3-13-57-38(29)39(47)54-56-57/h3-18H,47H2,1-2H3,(H2,48,55)(H2,49,51,59)(H2,50,52,60). The van der Waals surface area contributed by atoms with Gasteiger partial charge in [0.1, 0.15) is 23.2 Å². The van der Waals surface area contributed by atoms with Gasteiger partial charge in [-0.3, -0.25) is 4.40 Å². The lowest BCUT2D eigenvalue weighted by atomic mass is 9.94. The van der Waals surface area contributed by atoms with Crippen LogP contribution in [0.5, 0.6) is 0 Å². The number of nitrogen functional groups attached to an aromatic ring is 2. The van der Waals surface area contributed by atoms with Crippen LogP contribution in [-0.2, 0) is 0 Å². The molecule has 0 spiro atoms. The van der Waals surface area contributed by atoms with Gasteiger partial charge in [0.15, 0.2) is 11.5 Å². The highest BCUT2D eigenvalue weighted by atomic mass is 19.1. The number of nitrogens with two attached hydrogens (primary N) is 2. The van der Waals surface area contributed by atoms with Crippen LogP contribution in [0, 0.1) is 48.1 Å². The van der Waals surface area contributed by atoms with Crippen molar-refractivity contribution in [2.45, 2.75) is 13.8 Å². The zero-order valence-corrected chi connectivity index (χ0v) is 31.5. The summed E-state index contributed by atoms with van der Waals surface area (Å²) >= 11 is 0. The first-order valence-corrected chi connectivity index (χ1v) is 18.0. The van der Waals surface area contributed by atoms with Crippen molar-refractivity contribution in [1.82, 2.24) is 29.4 Å². The Balaban J connectivity index is 1.03. The SMILES string of the molecule is Cc1cc(NC(=O)Nc2ccc(-c3cc(-c4cc(F)c(NC(=O)Nc5ccc(-c6cccn7nnc(N)c67)cc5)c(C#N)c4C)cc4nnc(N)n34)cc2)c(F)cc1C#N. The molecule has 0 aliphatic rings. The largest absolute Gasteiger partial charge is 0.380 e. The normalized spacial score (nSPS) is 10.9. The molecule has 0 aliphatic heterocycles. The van der Waals surface area contributed by atoms with E-state index in [1.54, 1.807) is 89.6 Å². The number of nitriles is 2. The molecule has 18 heteroatoms. The van der Waals surface area contributed by atoms with Gasteiger partial charge in [-0.15, -0.1) is 15.3 Å². The van der Waals surface area contributed by atoms with E-state index in [4.69, 9.17) is 16.7 Å². The molecule has 0 saturated carbocycles. The molecule has 0 unspecified atom stereocenters. The molecule has 294 valence electrons. The Hall–Kier alpha value is -8.90. The molecule has 8 aromatic rings. The summed E-state index contributed by atoms with van der Waals surface area (Å²) in [7, 11) is 0. The van der Waals surface area contributed by atoms with E-state index in [0.29, 0.717) is 56.0 Å². The van der Waals surface area contributed by atoms with Gasteiger partial charge in [-0.2, -0.15) is 10.5 Å². The number of aryl methyl sites for hydroxylation is 1. The summed E-state index contributed by atoms with van der Waals surface area (Å²) in [6.45, 7) is 3.27. The molecule has 4 amide bonds. The highest BCUT2D eigenvalue weighted by Crippen LogP contribution is 2.37. The molecule has 0 saturated heterocycles. The van der Waals surface area contributed by atoms with E-state index in [9.17, 15) is 19.2 Å². The third kappa shape index (κ3) is 7.03. The van der Waals surface area contributed by atoms with Crippen LogP contribution in [0.3, 0.4) is 0 Å². The predicted octanol–water partition coefficient (Wildman–Crippen LogP) is 7.86. The Labute approximate surface area is 338 Å². The van der Waals surface area contributed by atoms with Gasteiger partial charge in [0, 0.05) is 23.1 Å². The van der Waals surface area contributed by atoms with Crippen molar-refractivity contribution >= 4 is 57.7 Å². The van der Waals surface area contributed by atoms with Gasteiger partial charge in [-0.25, -0.2) is 22.9 Å². The van der Waals surface area contributed by atoms with E-state index in [-0.39, 0.29) is 34.3 Å². The van der Waals surface area contributed by atoms with Crippen LogP contribution in [0.4, 0.5) is 52.9 Å². The topological polar surface area (TPSA) is 242 Å². The van der Waals surface area contributed by atoms with Crippen molar-refractivity contribution < 1.29 is 18.4 Å². The van der Waals surface area contributed by atoms with Crippen molar-refractivity contribution in [3.05, 3.63) is 131 Å². The number of pyridine rings is 2. The molecule has 60 heavy (non-hydrogen) atoms. The molecule has 4 aromatic carbocycles. The molecule has 0 atom stereocenters. The second kappa shape index (κ2) is 15.2. The maximum Gasteiger partial charge on any atom is 0.323 e. The Morgan fingerprint density at radius 3 is 2.08 bits per heavy atom. The number of fused-ring (bicyclic) bond motifs is 2. The first kappa shape index (κ1) is 38.0. The fourth-order valence-corrected chi connectivity index (χ4v) is 6.84. The van der Waals surface area contributed by atoms with Crippen LogP contribution in [0.2, 0.25) is 0 Å². The number of hydrogen-bond acceptors (Lipinski definition) is 10. The van der Waals surface area contributed by atoms with Crippen LogP contribution in [0.1, 0.15) is 22.3 Å². The molecular weight excluding hydrogens is 771 g/mol. The van der Waals surface area contributed by atoms with Crippen molar-refractivity contribution in [3.63, 3.8) is 0 Å². The monoisotopic (exact) mass is 800 g/mol. The summed E-state index contributed by atoms with van der Waals surface area (Å²) in [5.74, 6) is -1.26. The minimum atomic E-state index is -0.857. The van der Waals surface area contributed by atoms with Crippen LogP contribution in [-0.4, -0.2) is 41.5 Å². The number of aromatic nitrogens is 6. The van der Waals surface area contributed by atoms with Gasteiger partial charge in [0.2, 0.25) is 5.95 Å². The lowest BCUT2D eigenvalue weighted by Crippen LogP contribution is -2.21. The van der Waals surface area contributed by atoms with Crippen molar-refractivity contribution in [2.75, 3.05) is 32.7 Å².